The van der Waals surface area contributed by atoms with Crippen LogP contribution >= 0.6 is 12.2 Å². The van der Waals surface area contributed by atoms with E-state index < -0.39 is 0 Å². The van der Waals surface area contributed by atoms with Crippen LogP contribution in [0.15, 0.2) is 24.3 Å². The molecule has 1 fully saturated rings. The molecule has 0 aliphatic carbocycles. The van der Waals surface area contributed by atoms with Crippen molar-refractivity contribution in [2.75, 3.05) is 36.4 Å². The minimum absolute atomic E-state index is 0.701. The topological polar surface area (TPSA) is 18.5 Å². The summed E-state index contributed by atoms with van der Waals surface area (Å²) in [5.41, 5.74) is 4.81. The van der Waals surface area contributed by atoms with Crippen molar-refractivity contribution in [3.8, 4) is 0 Å². The Bertz CT molecular complexity index is 396. The Hall–Kier alpha value is -1.13. The second-order valence-electron chi connectivity index (χ2n) is 5.05. The molecule has 1 aliphatic heterocycles. The van der Waals surface area contributed by atoms with Gasteiger partial charge < -0.3 is 10.2 Å². The largest absolute Gasteiger partial charge is 0.369 e. The van der Waals surface area contributed by atoms with Gasteiger partial charge in [0.05, 0.1) is 0 Å². The Kier molecular flexibility index (Phi) is 5.16. The van der Waals surface area contributed by atoms with E-state index in [1.807, 2.05) is 0 Å². The van der Waals surface area contributed by atoms with Crippen molar-refractivity contribution in [2.24, 2.45) is 0 Å². The zero-order valence-corrected chi connectivity index (χ0v) is 12.5. The third-order valence-electron chi connectivity index (χ3n) is 3.96. The molecule has 2 rings (SSSR count). The van der Waals surface area contributed by atoms with Crippen molar-refractivity contribution in [2.45, 2.75) is 26.3 Å². The number of hydrogen-bond donors (Lipinski definition) is 1. The monoisotopic (exact) mass is 276 g/mol. The predicted molar refractivity (Wildman–Crippen MR) is 86.2 cm³/mol. The van der Waals surface area contributed by atoms with E-state index in [-0.39, 0.29) is 0 Å². The molecule has 103 valence electrons. The molecule has 1 aromatic rings. The van der Waals surface area contributed by atoms with Crippen molar-refractivity contribution < 1.29 is 0 Å². The average molecular weight is 276 g/mol. The Balaban J connectivity index is 1.92. The second-order valence-corrected chi connectivity index (χ2v) is 5.26. The third-order valence-corrected chi connectivity index (χ3v) is 4.06. The van der Waals surface area contributed by atoms with Crippen molar-refractivity contribution in [1.82, 2.24) is 4.90 Å². The molecular weight excluding hydrogens is 254 g/mol. The van der Waals surface area contributed by atoms with E-state index >= 15 is 0 Å². The number of thiocarbonyl (C=S) groups is 1. The van der Waals surface area contributed by atoms with Crippen LogP contribution in [0.25, 0.3) is 0 Å². The summed E-state index contributed by atoms with van der Waals surface area (Å²) in [5.74, 6) is 0. The zero-order chi connectivity index (χ0) is 13.7. The second kappa shape index (κ2) is 6.87. The zero-order valence-electron chi connectivity index (χ0n) is 11.7. The first kappa shape index (κ1) is 14.3. The molecule has 1 saturated heterocycles. The van der Waals surface area contributed by atoms with Gasteiger partial charge in [-0.15, -0.1) is 0 Å². The maximum Gasteiger partial charge on any atom is 0.138 e. The number of piperazine rings is 1. The van der Waals surface area contributed by atoms with E-state index in [2.05, 4.69) is 70.9 Å². The van der Waals surface area contributed by atoms with Gasteiger partial charge in [0.1, 0.15) is 5.49 Å². The van der Waals surface area contributed by atoms with Crippen LogP contribution in [-0.2, 0) is 0 Å². The summed E-state index contributed by atoms with van der Waals surface area (Å²) >= 11 is 4.66. The van der Waals surface area contributed by atoms with Crippen LogP contribution in [0.2, 0.25) is 0 Å². The molecule has 0 amide bonds. The van der Waals surface area contributed by atoms with Gasteiger partial charge in [0.25, 0.3) is 0 Å². The van der Waals surface area contributed by atoms with Gasteiger partial charge in [-0.05, 0) is 37.6 Å². The average Bonchev–Trinajstić information content (AvgIpc) is 2.48. The van der Waals surface area contributed by atoms with Crippen LogP contribution in [0.3, 0.4) is 0 Å². The number of nitrogens with one attached hydrogen (secondary N) is 1. The van der Waals surface area contributed by atoms with E-state index in [1.165, 1.54) is 12.1 Å². The Morgan fingerprint density at radius 1 is 1.21 bits per heavy atom. The van der Waals surface area contributed by atoms with Crippen LogP contribution in [0.1, 0.15) is 20.3 Å². The maximum absolute atomic E-state index is 4.66. The van der Waals surface area contributed by atoms with E-state index in [9.17, 15) is 0 Å². The highest BCUT2D eigenvalue weighted by molar-refractivity contribution is 7.79. The van der Waals surface area contributed by atoms with Gasteiger partial charge in [0, 0.05) is 43.6 Å². The SMILES string of the molecule is CCC(C)N1CCN(c2ccc(N[C]=S)cc2)CC1. The summed E-state index contributed by atoms with van der Waals surface area (Å²) < 4.78 is 0. The molecule has 1 radical (unpaired) electrons. The lowest BCUT2D eigenvalue weighted by Crippen LogP contribution is -2.49. The molecule has 1 heterocycles. The van der Waals surface area contributed by atoms with Gasteiger partial charge in [-0.2, -0.15) is 0 Å². The van der Waals surface area contributed by atoms with Gasteiger partial charge in [-0.25, -0.2) is 0 Å². The third kappa shape index (κ3) is 3.67. The molecule has 4 heteroatoms. The minimum Gasteiger partial charge on any atom is -0.369 e. The first-order valence-electron chi connectivity index (χ1n) is 6.96. The molecule has 19 heavy (non-hydrogen) atoms. The normalized spacial score (nSPS) is 18.1. The van der Waals surface area contributed by atoms with Crippen LogP contribution in [0, 0.1) is 0 Å². The molecule has 1 unspecified atom stereocenters. The van der Waals surface area contributed by atoms with Crippen LogP contribution in [0.4, 0.5) is 11.4 Å². The highest BCUT2D eigenvalue weighted by atomic mass is 32.1. The molecule has 1 N–H and O–H groups in total. The van der Waals surface area contributed by atoms with Crippen LogP contribution in [-0.4, -0.2) is 42.6 Å². The van der Waals surface area contributed by atoms with Gasteiger partial charge in [0.2, 0.25) is 0 Å². The highest BCUT2D eigenvalue weighted by Gasteiger charge is 2.19. The standard InChI is InChI=1S/C15H22N3S/c1-3-13(2)17-8-10-18(11-9-17)15-6-4-14(5-7-15)16-12-19/h4-7,13H,3,8-11H2,1-2H3,(H,16,19). The fourth-order valence-electron chi connectivity index (χ4n) is 2.49. The molecule has 1 aliphatic rings. The summed E-state index contributed by atoms with van der Waals surface area (Å²) in [6.45, 7) is 9.10. The summed E-state index contributed by atoms with van der Waals surface area (Å²) in [6.07, 6.45) is 1.23. The lowest BCUT2D eigenvalue weighted by atomic mass is 10.1. The molecule has 0 bridgehead atoms. The van der Waals surface area contributed by atoms with E-state index in [0.29, 0.717) is 6.04 Å². The molecule has 0 spiro atoms. The lowest BCUT2D eigenvalue weighted by Gasteiger charge is -2.39. The van der Waals surface area contributed by atoms with Crippen LogP contribution < -0.4 is 10.2 Å². The molecule has 0 saturated carbocycles. The Labute approximate surface area is 121 Å². The maximum atomic E-state index is 4.66. The van der Waals surface area contributed by atoms with E-state index in [1.54, 1.807) is 0 Å². The number of anilines is 2. The summed E-state index contributed by atoms with van der Waals surface area (Å²) in [7, 11) is 0. The smallest absolute Gasteiger partial charge is 0.138 e. The molecule has 3 nitrogen and oxygen atoms in total. The van der Waals surface area contributed by atoms with Crippen molar-refractivity contribution in [3.05, 3.63) is 24.3 Å². The van der Waals surface area contributed by atoms with Gasteiger partial charge in [-0.3, -0.25) is 4.90 Å². The molecule has 1 atom stereocenters. The predicted octanol–water partition coefficient (Wildman–Crippen LogP) is 2.85. The van der Waals surface area contributed by atoms with Crippen molar-refractivity contribution >= 4 is 29.1 Å². The first-order chi connectivity index (χ1) is 9.24. The molecule has 0 aromatic heterocycles. The Morgan fingerprint density at radius 2 is 1.84 bits per heavy atom. The number of rotatable bonds is 5. The minimum atomic E-state index is 0.701. The van der Waals surface area contributed by atoms with E-state index in [0.717, 1.165) is 31.9 Å². The molecule has 1 aromatic carbocycles. The number of benzene rings is 1. The van der Waals surface area contributed by atoms with Crippen molar-refractivity contribution in [1.29, 1.82) is 0 Å². The highest BCUT2D eigenvalue weighted by Crippen LogP contribution is 2.20. The van der Waals surface area contributed by atoms with Gasteiger partial charge in [0.15, 0.2) is 0 Å². The number of nitrogens with zero attached hydrogens (tertiary/aromatic N) is 2. The van der Waals surface area contributed by atoms with Crippen molar-refractivity contribution in [3.63, 3.8) is 0 Å². The fourth-order valence-corrected chi connectivity index (χ4v) is 2.61. The molecular formula is C15H22N3S. The van der Waals surface area contributed by atoms with Crippen LogP contribution in [0.5, 0.6) is 0 Å². The first-order valence-corrected chi connectivity index (χ1v) is 7.37. The number of hydrogen-bond acceptors (Lipinski definition) is 3. The van der Waals surface area contributed by atoms with Gasteiger partial charge in [-0.1, -0.05) is 19.1 Å². The lowest BCUT2D eigenvalue weighted by molar-refractivity contribution is 0.193. The summed E-state index contributed by atoms with van der Waals surface area (Å²) in [6, 6.07) is 9.10. The fraction of sp³-hybridized carbons (Fsp3) is 0.533. The van der Waals surface area contributed by atoms with E-state index in [4.69, 9.17) is 0 Å². The summed E-state index contributed by atoms with van der Waals surface area (Å²) in [4.78, 5) is 5.03. The van der Waals surface area contributed by atoms with Gasteiger partial charge >= 0.3 is 0 Å². The summed E-state index contributed by atoms with van der Waals surface area (Å²) in [5, 5.41) is 2.91. The Morgan fingerprint density at radius 3 is 2.37 bits per heavy atom. The quantitative estimate of drug-likeness (QED) is 0.658.